The van der Waals surface area contributed by atoms with Crippen LogP contribution in [-0.4, -0.2) is 35.9 Å². The number of amides is 2. The maximum atomic E-state index is 13.7. The van der Waals surface area contributed by atoms with Gasteiger partial charge in [0.1, 0.15) is 11.8 Å². The highest BCUT2D eigenvalue weighted by Gasteiger charge is 2.31. The van der Waals surface area contributed by atoms with Crippen molar-refractivity contribution in [1.82, 2.24) is 10.2 Å². The van der Waals surface area contributed by atoms with Gasteiger partial charge in [-0.15, -0.1) is 0 Å². The smallest absolute Gasteiger partial charge is 0.261 e. The standard InChI is InChI=1S/C30H34Cl2N2O3/c1-20(2)17-33-30(36)28(16-23-9-6-5-7-10-23)34(18-25-26(31)11-8-12-27(25)32)29(35)19-37-24-14-21(3)13-22(4)15-24/h5-15,20,28H,16-19H2,1-4H3,(H,33,36). The molecule has 0 fully saturated rings. The van der Waals surface area contributed by atoms with Gasteiger partial charge in [-0.05, 0) is 60.7 Å². The first-order valence-electron chi connectivity index (χ1n) is 12.4. The molecule has 5 nitrogen and oxygen atoms in total. The zero-order valence-electron chi connectivity index (χ0n) is 21.8. The predicted molar refractivity (Wildman–Crippen MR) is 150 cm³/mol. The average Bonchev–Trinajstić information content (AvgIpc) is 2.84. The van der Waals surface area contributed by atoms with Crippen molar-refractivity contribution >= 4 is 35.0 Å². The summed E-state index contributed by atoms with van der Waals surface area (Å²) in [4.78, 5) is 28.8. The van der Waals surface area contributed by atoms with Gasteiger partial charge in [-0.2, -0.15) is 0 Å². The van der Waals surface area contributed by atoms with Crippen molar-refractivity contribution in [2.24, 2.45) is 5.92 Å². The van der Waals surface area contributed by atoms with Gasteiger partial charge in [0.2, 0.25) is 5.91 Å². The monoisotopic (exact) mass is 540 g/mol. The molecule has 196 valence electrons. The van der Waals surface area contributed by atoms with Crippen molar-refractivity contribution in [2.45, 2.75) is 46.7 Å². The zero-order valence-corrected chi connectivity index (χ0v) is 23.3. The molecule has 0 aliphatic heterocycles. The minimum absolute atomic E-state index is 0.0696. The molecule has 0 aliphatic carbocycles. The van der Waals surface area contributed by atoms with Gasteiger partial charge in [0, 0.05) is 35.1 Å². The fourth-order valence-electron chi connectivity index (χ4n) is 4.07. The summed E-state index contributed by atoms with van der Waals surface area (Å²) in [6.45, 7) is 8.34. The van der Waals surface area contributed by atoms with Crippen LogP contribution >= 0.6 is 23.2 Å². The summed E-state index contributed by atoms with van der Waals surface area (Å²) in [6.07, 6.45) is 0.335. The van der Waals surface area contributed by atoms with Crippen molar-refractivity contribution in [3.63, 3.8) is 0 Å². The molecule has 3 rings (SSSR count). The molecule has 0 aliphatic rings. The van der Waals surface area contributed by atoms with E-state index in [1.165, 1.54) is 4.90 Å². The van der Waals surface area contributed by atoms with E-state index in [0.717, 1.165) is 16.7 Å². The number of carbonyl (C=O) groups is 2. The van der Waals surface area contributed by atoms with Crippen LogP contribution in [0.2, 0.25) is 10.0 Å². The van der Waals surface area contributed by atoms with Gasteiger partial charge in [0.25, 0.3) is 5.91 Å². The Morgan fingerprint density at radius 1 is 0.919 bits per heavy atom. The van der Waals surface area contributed by atoms with Crippen LogP contribution in [0.15, 0.2) is 66.7 Å². The second-order valence-corrected chi connectivity index (χ2v) is 10.5. The van der Waals surface area contributed by atoms with E-state index in [4.69, 9.17) is 27.9 Å². The van der Waals surface area contributed by atoms with Crippen LogP contribution in [0.5, 0.6) is 5.75 Å². The quantitative estimate of drug-likeness (QED) is 0.306. The molecule has 7 heteroatoms. The molecule has 1 unspecified atom stereocenters. The first kappa shape index (κ1) is 28.5. The highest BCUT2D eigenvalue weighted by molar-refractivity contribution is 6.36. The van der Waals surface area contributed by atoms with Gasteiger partial charge in [-0.3, -0.25) is 9.59 Å². The zero-order chi connectivity index (χ0) is 26.9. The van der Waals surface area contributed by atoms with Gasteiger partial charge in [-0.25, -0.2) is 0 Å². The molecule has 2 amide bonds. The Hall–Kier alpha value is -3.02. The number of hydrogen-bond donors (Lipinski definition) is 1. The Labute approximate surface area is 229 Å². The molecule has 3 aromatic rings. The maximum absolute atomic E-state index is 13.7. The fraction of sp³-hybridized carbons (Fsp3) is 0.333. The highest BCUT2D eigenvalue weighted by atomic mass is 35.5. The second-order valence-electron chi connectivity index (χ2n) is 9.68. The third kappa shape index (κ3) is 8.51. The van der Waals surface area contributed by atoms with Crippen LogP contribution in [0.3, 0.4) is 0 Å². The van der Waals surface area contributed by atoms with Gasteiger partial charge in [0.05, 0.1) is 0 Å². The number of rotatable bonds is 11. The van der Waals surface area contributed by atoms with Gasteiger partial charge < -0.3 is 15.0 Å². The van der Waals surface area contributed by atoms with Crippen molar-refractivity contribution in [3.05, 3.63) is 99.0 Å². The van der Waals surface area contributed by atoms with Crippen LogP contribution in [0, 0.1) is 19.8 Å². The van der Waals surface area contributed by atoms with E-state index in [9.17, 15) is 9.59 Å². The first-order chi connectivity index (χ1) is 17.6. The van der Waals surface area contributed by atoms with Crippen LogP contribution in [0.25, 0.3) is 0 Å². The Balaban J connectivity index is 1.96. The number of nitrogens with one attached hydrogen (secondary N) is 1. The molecule has 0 heterocycles. The van der Waals surface area contributed by atoms with Crippen LogP contribution in [0.4, 0.5) is 0 Å². The molecule has 0 aromatic heterocycles. The van der Waals surface area contributed by atoms with E-state index in [-0.39, 0.29) is 30.9 Å². The molecule has 0 radical (unpaired) electrons. The minimum Gasteiger partial charge on any atom is -0.484 e. The topological polar surface area (TPSA) is 58.6 Å². The predicted octanol–water partition coefficient (Wildman–Crippen LogP) is 6.40. The van der Waals surface area contributed by atoms with Crippen molar-refractivity contribution < 1.29 is 14.3 Å². The number of aryl methyl sites for hydroxylation is 2. The number of carbonyl (C=O) groups excluding carboxylic acids is 2. The first-order valence-corrected chi connectivity index (χ1v) is 13.1. The van der Waals surface area contributed by atoms with Gasteiger partial charge in [-0.1, -0.05) is 79.5 Å². The molecule has 1 atom stereocenters. The Morgan fingerprint density at radius 3 is 2.14 bits per heavy atom. The SMILES string of the molecule is Cc1cc(C)cc(OCC(=O)N(Cc2c(Cl)cccc2Cl)C(Cc2ccccc2)C(=O)NCC(C)C)c1. The van der Waals surface area contributed by atoms with E-state index in [1.807, 2.05) is 76.2 Å². The average molecular weight is 542 g/mol. The summed E-state index contributed by atoms with van der Waals surface area (Å²) in [5, 5.41) is 3.87. The summed E-state index contributed by atoms with van der Waals surface area (Å²) in [5.41, 5.74) is 3.60. The van der Waals surface area contributed by atoms with Crippen molar-refractivity contribution in [1.29, 1.82) is 0 Å². The number of ether oxygens (including phenoxy) is 1. The normalized spacial score (nSPS) is 11.8. The summed E-state index contributed by atoms with van der Waals surface area (Å²) in [6, 6.07) is 19.8. The van der Waals surface area contributed by atoms with Gasteiger partial charge >= 0.3 is 0 Å². The molecule has 0 saturated carbocycles. The molecular formula is C30H34Cl2N2O3. The summed E-state index contributed by atoms with van der Waals surface area (Å²) in [5.74, 6) is 0.290. The number of hydrogen-bond acceptors (Lipinski definition) is 3. The van der Waals surface area contributed by atoms with E-state index in [2.05, 4.69) is 5.32 Å². The molecule has 1 N–H and O–H groups in total. The van der Waals surface area contributed by atoms with Crippen molar-refractivity contribution in [2.75, 3.05) is 13.2 Å². The van der Waals surface area contributed by atoms with E-state index < -0.39 is 6.04 Å². The van der Waals surface area contributed by atoms with E-state index >= 15 is 0 Å². The summed E-state index contributed by atoms with van der Waals surface area (Å²) < 4.78 is 5.90. The van der Waals surface area contributed by atoms with E-state index in [0.29, 0.717) is 34.3 Å². The Morgan fingerprint density at radius 2 is 1.54 bits per heavy atom. The van der Waals surface area contributed by atoms with Crippen molar-refractivity contribution in [3.8, 4) is 5.75 Å². The summed E-state index contributed by atoms with van der Waals surface area (Å²) in [7, 11) is 0. The van der Waals surface area contributed by atoms with E-state index in [1.54, 1.807) is 18.2 Å². The third-order valence-corrected chi connectivity index (χ3v) is 6.61. The lowest BCUT2D eigenvalue weighted by atomic mass is 10.0. The lowest BCUT2D eigenvalue weighted by Crippen LogP contribution is -2.52. The second kappa shape index (κ2) is 13.5. The molecule has 37 heavy (non-hydrogen) atoms. The molecule has 0 saturated heterocycles. The number of benzene rings is 3. The molecular weight excluding hydrogens is 507 g/mol. The minimum atomic E-state index is -0.788. The molecule has 0 bridgehead atoms. The van der Waals surface area contributed by atoms with Gasteiger partial charge in [0.15, 0.2) is 6.61 Å². The molecule has 3 aromatic carbocycles. The lowest BCUT2D eigenvalue weighted by molar-refractivity contribution is -0.142. The largest absolute Gasteiger partial charge is 0.484 e. The van der Waals surface area contributed by atoms with Crippen LogP contribution < -0.4 is 10.1 Å². The number of halogens is 2. The number of nitrogens with zero attached hydrogens (tertiary/aromatic N) is 1. The Kier molecular flexibility index (Phi) is 10.4. The fourth-order valence-corrected chi connectivity index (χ4v) is 4.59. The lowest BCUT2D eigenvalue weighted by Gasteiger charge is -2.32. The third-order valence-electron chi connectivity index (χ3n) is 5.90. The van der Waals surface area contributed by atoms with Crippen LogP contribution in [0.1, 0.15) is 36.1 Å². The summed E-state index contributed by atoms with van der Waals surface area (Å²) >= 11 is 13.0. The van der Waals surface area contributed by atoms with Crippen LogP contribution in [-0.2, 0) is 22.6 Å². The highest BCUT2D eigenvalue weighted by Crippen LogP contribution is 2.27. The molecule has 0 spiro atoms. The Bertz CT molecular complexity index is 1170. The maximum Gasteiger partial charge on any atom is 0.261 e.